The van der Waals surface area contributed by atoms with Crippen molar-refractivity contribution in [1.29, 1.82) is 0 Å². The van der Waals surface area contributed by atoms with Crippen LogP contribution in [0.4, 0.5) is 11.5 Å². The van der Waals surface area contributed by atoms with Gasteiger partial charge in [0, 0.05) is 15.6 Å². The van der Waals surface area contributed by atoms with Gasteiger partial charge in [0.25, 0.3) is 0 Å². The van der Waals surface area contributed by atoms with Crippen molar-refractivity contribution in [2.45, 2.75) is 26.2 Å². The number of nitrogens with zero attached hydrogens (tertiary/aromatic N) is 2. The standard InChI is InChI=1S/C19H18ClN3O2S/c1-2-25-19(24)11-6-7-14-15(8-11)26-18-16(14)17(21-10-22-18)23-13-5-3-4-12(20)9-13/h3-5,9-11H,2,6-8H2,1H3,(H,21,22,23). The number of rotatable bonds is 4. The number of anilines is 2. The Balaban J connectivity index is 1.69. The van der Waals surface area contributed by atoms with Gasteiger partial charge in [-0.3, -0.25) is 4.79 Å². The molecule has 0 amide bonds. The first-order valence-corrected chi connectivity index (χ1v) is 9.79. The molecule has 0 saturated carbocycles. The molecule has 0 spiro atoms. The lowest BCUT2D eigenvalue weighted by molar-refractivity contribution is -0.148. The molecule has 5 nitrogen and oxygen atoms in total. The van der Waals surface area contributed by atoms with Crippen LogP contribution >= 0.6 is 22.9 Å². The van der Waals surface area contributed by atoms with Crippen LogP contribution in [0.2, 0.25) is 5.02 Å². The molecule has 7 heteroatoms. The highest BCUT2D eigenvalue weighted by Gasteiger charge is 2.29. The molecule has 0 fully saturated rings. The number of nitrogens with one attached hydrogen (secondary N) is 1. The molecule has 0 aliphatic heterocycles. The Morgan fingerprint density at radius 2 is 2.31 bits per heavy atom. The molecule has 1 N–H and O–H groups in total. The summed E-state index contributed by atoms with van der Waals surface area (Å²) in [6, 6.07) is 7.56. The topological polar surface area (TPSA) is 64.1 Å². The van der Waals surface area contributed by atoms with Crippen molar-refractivity contribution in [1.82, 2.24) is 9.97 Å². The molecule has 1 atom stereocenters. The molecule has 3 aromatic rings. The first-order valence-electron chi connectivity index (χ1n) is 8.60. The molecule has 1 aromatic carbocycles. The van der Waals surface area contributed by atoms with Crippen molar-refractivity contribution in [2.75, 3.05) is 11.9 Å². The molecular formula is C19H18ClN3O2S. The minimum Gasteiger partial charge on any atom is -0.466 e. The number of hydrogen-bond acceptors (Lipinski definition) is 6. The van der Waals surface area contributed by atoms with Gasteiger partial charge in [-0.25, -0.2) is 9.97 Å². The second-order valence-electron chi connectivity index (χ2n) is 6.23. The third kappa shape index (κ3) is 3.27. The fraction of sp³-hybridized carbons (Fsp3) is 0.316. The largest absolute Gasteiger partial charge is 0.466 e. The van der Waals surface area contributed by atoms with Crippen LogP contribution in [0.15, 0.2) is 30.6 Å². The number of aromatic nitrogens is 2. The molecule has 2 heterocycles. The van der Waals surface area contributed by atoms with Crippen molar-refractivity contribution < 1.29 is 9.53 Å². The van der Waals surface area contributed by atoms with E-state index in [0.717, 1.165) is 34.6 Å². The van der Waals surface area contributed by atoms with Crippen LogP contribution in [0.5, 0.6) is 0 Å². The minimum absolute atomic E-state index is 0.0622. The van der Waals surface area contributed by atoms with Gasteiger partial charge in [-0.1, -0.05) is 17.7 Å². The first-order chi connectivity index (χ1) is 12.7. The van der Waals surface area contributed by atoms with Gasteiger partial charge in [-0.05, 0) is 49.9 Å². The normalized spacial score (nSPS) is 16.3. The van der Waals surface area contributed by atoms with E-state index in [2.05, 4.69) is 15.3 Å². The van der Waals surface area contributed by atoms with E-state index in [1.807, 2.05) is 31.2 Å². The van der Waals surface area contributed by atoms with Gasteiger partial charge in [0.1, 0.15) is 17.0 Å². The van der Waals surface area contributed by atoms with Crippen molar-refractivity contribution in [3.05, 3.63) is 46.1 Å². The van der Waals surface area contributed by atoms with E-state index in [9.17, 15) is 4.79 Å². The van der Waals surface area contributed by atoms with Crippen LogP contribution < -0.4 is 5.32 Å². The lowest BCUT2D eigenvalue weighted by Gasteiger charge is -2.20. The number of fused-ring (bicyclic) bond motifs is 3. The zero-order valence-corrected chi connectivity index (χ0v) is 15.9. The van der Waals surface area contributed by atoms with E-state index in [4.69, 9.17) is 16.3 Å². The van der Waals surface area contributed by atoms with Gasteiger partial charge in [0.05, 0.1) is 17.9 Å². The van der Waals surface area contributed by atoms with Gasteiger partial charge >= 0.3 is 5.97 Å². The Morgan fingerprint density at radius 3 is 3.12 bits per heavy atom. The number of benzene rings is 1. The van der Waals surface area contributed by atoms with Crippen molar-refractivity contribution in [2.24, 2.45) is 5.92 Å². The minimum atomic E-state index is -0.0982. The second-order valence-corrected chi connectivity index (χ2v) is 7.75. The Morgan fingerprint density at radius 1 is 1.42 bits per heavy atom. The van der Waals surface area contributed by atoms with Crippen molar-refractivity contribution in [3.8, 4) is 0 Å². The third-order valence-corrected chi connectivity index (χ3v) is 5.95. The van der Waals surface area contributed by atoms with E-state index >= 15 is 0 Å². The van der Waals surface area contributed by atoms with Gasteiger partial charge in [-0.15, -0.1) is 11.3 Å². The van der Waals surface area contributed by atoms with Crippen LogP contribution in [-0.4, -0.2) is 22.5 Å². The van der Waals surface area contributed by atoms with E-state index < -0.39 is 0 Å². The van der Waals surface area contributed by atoms with Gasteiger partial charge in [0.15, 0.2) is 0 Å². The summed E-state index contributed by atoms with van der Waals surface area (Å²) >= 11 is 7.72. The lowest BCUT2D eigenvalue weighted by Crippen LogP contribution is -2.23. The van der Waals surface area contributed by atoms with Gasteiger partial charge < -0.3 is 10.1 Å². The molecule has 0 radical (unpaired) electrons. The van der Waals surface area contributed by atoms with E-state index in [0.29, 0.717) is 18.1 Å². The van der Waals surface area contributed by atoms with Crippen LogP contribution in [0.25, 0.3) is 10.2 Å². The predicted octanol–water partition coefficient (Wildman–Crippen LogP) is 4.76. The smallest absolute Gasteiger partial charge is 0.309 e. The summed E-state index contributed by atoms with van der Waals surface area (Å²) in [6.45, 7) is 2.27. The molecular weight excluding hydrogens is 370 g/mol. The highest BCUT2D eigenvalue weighted by atomic mass is 35.5. The van der Waals surface area contributed by atoms with E-state index in [-0.39, 0.29) is 11.9 Å². The number of ether oxygens (including phenoxy) is 1. The maximum atomic E-state index is 12.1. The quantitative estimate of drug-likeness (QED) is 0.654. The fourth-order valence-electron chi connectivity index (χ4n) is 3.37. The molecule has 134 valence electrons. The molecule has 4 rings (SSSR count). The molecule has 2 aromatic heterocycles. The van der Waals surface area contributed by atoms with Crippen molar-refractivity contribution >= 4 is 50.6 Å². The predicted molar refractivity (Wildman–Crippen MR) is 104 cm³/mol. The van der Waals surface area contributed by atoms with Crippen molar-refractivity contribution in [3.63, 3.8) is 0 Å². The molecule has 0 bridgehead atoms. The molecule has 1 aliphatic rings. The summed E-state index contributed by atoms with van der Waals surface area (Å²) in [6.07, 6.45) is 3.91. The van der Waals surface area contributed by atoms with Gasteiger partial charge in [0.2, 0.25) is 0 Å². The highest BCUT2D eigenvalue weighted by Crippen LogP contribution is 2.40. The number of carbonyl (C=O) groups is 1. The monoisotopic (exact) mass is 387 g/mol. The molecule has 0 saturated heterocycles. The summed E-state index contributed by atoms with van der Waals surface area (Å²) in [5.74, 6) is 0.621. The summed E-state index contributed by atoms with van der Waals surface area (Å²) in [5.41, 5.74) is 2.13. The first kappa shape index (κ1) is 17.2. The number of carbonyl (C=O) groups excluding carboxylic acids is 1. The van der Waals surface area contributed by atoms with Gasteiger partial charge in [-0.2, -0.15) is 0 Å². The fourth-order valence-corrected chi connectivity index (χ4v) is 4.83. The number of halogens is 1. The zero-order valence-electron chi connectivity index (χ0n) is 14.3. The molecule has 1 aliphatic carbocycles. The highest BCUT2D eigenvalue weighted by molar-refractivity contribution is 7.19. The van der Waals surface area contributed by atoms with E-state index in [1.165, 1.54) is 10.4 Å². The molecule has 26 heavy (non-hydrogen) atoms. The van der Waals surface area contributed by atoms with Crippen LogP contribution in [0, 0.1) is 5.92 Å². The number of esters is 1. The molecule has 1 unspecified atom stereocenters. The number of thiophene rings is 1. The lowest BCUT2D eigenvalue weighted by atomic mass is 9.88. The summed E-state index contributed by atoms with van der Waals surface area (Å²) in [7, 11) is 0. The second kappa shape index (κ2) is 7.21. The van der Waals surface area contributed by atoms with Crippen LogP contribution in [0.3, 0.4) is 0 Å². The Hall–Kier alpha value is -2.18. The summed E-state index contributed by atoms with van der Waals surface area (Å²) < 4.78 is 5.20. The maximum Gasteiger partial charge on any atom is 0.309 e. The number of hydrogen-bond donors (Lipinski definition) is 1. The Kier molecular flexibility index (Phi) is 4.78. The maximum absolute atomic E-state index is 12.1. The van der Waals surface area contributed by atoms with E-state index in [1.54, 1.807) is 17.7 Å². The average Bonchev–Trinajstić information content (AvgIpc) is 3.00. The third-order valence-electron chi connectivity index (χ3n) is 4.55. The van der Waals surface area contributed by atoms with Crippen LogP contribution in [-0.2, 0) is 22.4 Å². The zero-order chi connectivity index (χ0) is 18.1. The Bertz CT molecular complexity index is 973. The average molecular weight is 388 g/mol. The summed E-state index contributed by atoms with van der Waals surface area (Å²) in [4.78, 5) is 23.1. The SMILES string of the molecule is CCOC(=O)C1CCc2c(sc3ncnc(Nc4cccc(Cl)c4)c23)C1. The van der Waals surface area contributed by atoms with Crippen LogP contribution in [0.1, 0.15) is 23.8 Å². The summed E-state index contributed by atoms with van der Waals surface area (Å²) in [5, 5.41) is 5.08. The Labute approximate surface area is 160 Å². The number of aryl methyl sites for hydroxylation is 1.